The van der Waals surface area contributed by atoms with E-state index in [0.29, 0.717) is 0 Å². The number of esters is 1. The van der Waals surface area contributed by atoms with Crippen LogP contribution < -0.4 is 0 Å². The highest BCUT2D eigenvalue weighted by Gasteiger charge is 2.24. The summed E-state index contributed by atoms with van der Waals surface area (Å²) in [5.41, 5.74) is 0. The first-order valence-corrected chi connectivity index (χ1v) is 4.76. The molecule has 0 fully saturated rings. The molecule has 1 rings (SSSR count). The Balaban J connectivity index is 2.85. The lowest BCUT2D eigenvalue weighted by Crippen LogP contribution is -2.16. The van der Waals surface area contributed by atoms with Crippen molar-refractivity contribution in [3.8, 4) is 0 Å². The SMILES string of the molecule is COC(=O)CCC(=O)n1c([N+](=O)[O-])cnc1C. The number of rotatable bonds is 4. The minimum absolute atomic E-state index is 0.121. The number of hydrogen-bond donors (Lipinski definition) is 0. The summed E-state index contributed by atoms with van der Waals surface area (Å²) in [6.45, 7) is 1.48. The van der Waals surface area contributed by atoms with Gasteiger partial charge in [0.2, 0.25) is 5.82 Å². The number of ether oxygens (including phenoxy) is 1. The fourth-order valence-electron chi connectivity index (χ4n) is 1.29. The fraction of sp³-hybridized carbons (Fsp3) is 0.444. The molecule has 1 aromatic heterocycles. The van der Waals surface area contributed by atoms with E-state index in [1.54, 1.807) is 0 Å². The van der Waals surface area contributed by atoms with Crippen molar-refractivity contribution in [1.82, 2.24) is 9.55 Å². The summed E-state index contributed by atoms with van der Waals surface area (Å²) in [5.74, 6) is -1.29. The molecule has 0 atom stereocenters. The van der Waals surface area contributed by atoms with Crippen molar-refractivity contribution in [1.29, 1.82) is 0 Å². The molecule has 0 aliphatic rings. The van der Waals surface area contributed by atoms with E-state index in [0.717, 1.165) is 10.8 Å². The predicted octanol–water partition coefficient (Wildman–Crippen LogP) is 0.693. The first-order valence-electron chi connectivity index (χ1n) is 4.76. The Kier molecular flexibility index (Phi) is 3.91. The maximum Gasteiger partial charge on any atom is 0.350 e. The van der Waals surface area contributed by atoms with Crippen LogP contribution in [0, 0.1) is 17.0 Å². The molecule has 0 amide bonds. The molecule has 0 spiro atoms. The van der Waals surface area contributed by atoms with E-state index in [4.69, 9.17) is 0 Å². The standard InChI is InChI=1S/C9H11N3O5/c1-6-10-5-7(12(15)16)11(6)8(13)3-4-9(14)17-2/h5H,3-4H2,1-2H3. The normalized spacial score (nSPS) is 10.0. The van der Waals surface area contributed by atoms with Crippen molar-refractivity contribution in [2.24, 2.45) is 0 Å². The zero-order valence-corrected chi connectivity index (χ0v) is 9.37. The number of aryl methyl sites for hydroxylation is 1. The van der Waals surface area contributed by atoms with E-state index in [1.165, 1.54) is 14.0 Å². The number of methoxy groups -OCH3 is 1. The molecule has 0 aromatic carbocycles. The van der Waals surface area contributed by atoms with Crippen molar-refractivity contribution < 1.29 is 19.2 Å². The third-order valence-electron chi connectivity index (χ3n) is 2.13. The van der Waals surface area contributed by atoms with Gasteiger partial charge in [0.05, 0.1) is 20.0 Å². The molecule has 0 bridgehead atoms. The van der Waals surface area contributed by atoms with Crippen molar-refractivity contribution in [2.45, 2.75) is 19.8 Å². The van der Waals surface area contributed by atoms with Crippen molar-refractivity contribution in [3.05, 3.63) is 22.1 Å². The Hall–Kier alpha value is -2.25. The van der Waals surface area contributed by atoms with E-state index in [-0.39, 0.29) is 18.7 Å². The summed E-state index contributed by atoms with van der Waals surface area (Å²) in [7, 11) is 1.21. The Labute approximate surface area is 96.3 Å². The third kappa shape index (κ3) is 2.86. The van der Waals surface area contributed by atoms with Crippen LogP contribution in [-0.4, -0.2) is 33.5 Å². The number of nitrogens with zero attached hydrogens (tertiary/aromatic N) is 3. The second-order valence-corrected chi connectivity index (χ2v) is 3.23. The van der Waals surface area contributed by atoms with Crippen molar-refractivity contribution in [3.63, 3.8) is 0 Å². The summed E-state index contributed by atoms with van der Waals surface area (Å²) in [6, 6.07) is 0. The average molecular weight is 241 g/mol. The minimum atomic E-state index is -0.698. The number of hydrogen-bond acceptors (Lipinski definition) is 6. The van der Waals surface area contributed by atoms with Gasteiger partial charge in [-0.25, -0.2) is 9.78 Å². The number of carbonyl (C=O) groups excluding carboxylic acids is 2. The molecule has 0 saturated carbocycles. The van der Waals surface area contributed by atoms with E-state index in [9.17, 15) is 19.7 Å². The van der Waals surface area contributed by atoms with Gasteiger partial charge in [-0.1, -0.05) is 0 Å². The zero-order chi connectivity index (χ0) is 13.0. The number of nitro groups is 1. The summed E-state index contributed by atoms with van der Waals surface area (Å²) < 4.78 is 5.25. The zero-order valence-electron chi connectivity index (χ0n) is 9.37. The molecule has 1 heterocycles. The molecule has 8 nitrogen and oxygen atoms in total. The molecular weight excluding hydrogens is 230 g/mol. The van der Waals surface area contributed by atoms with Gasteiger partial charge in [0.15, 0.2) is 0 Å². The highest BCUT2D eigenvalue weighted by Crippen LogP contribution is 2.14. The summed E-state index contributed by atoms with van der Waals surface area (Å²) in [5, 5.41) is 10.6. The van der Waals surface area contributed by atoms with Gasteiger partial charge in [-0.05, 0) is 4.92 Å². The smallest absolute Gasteiger partial charge is 0.350 e. The highest BCUT2D eigenvalue weighted by atomic mass is 16.6. The van der Waals surface area contributed by atoms with Crippen LogP contribution >= 0.6 is 0 Å². The lowest BCUT2D eigenvalue weighted by molar-refractivity contribution is -0.390. The van der Waals surface area contributed by atoms with Crippen LogP contribution in [0.2, 0.25) is 0 Å². The Morgan fingerprint density at radius 2 is 2.18 bits per heavy atom. The van der Waals surface area contributed by atoms with Crippen LogP contribution in [0.1, 0.15) is 23.5 Å². The maximum absolute atomic E-state index is 11.7. The Morgan fingerprint density at radius 3 is 2.71 bits per heavy atom. The quantitative estimate of drug-likeness (QED) is 0.436. The van der Waals surface area contributed by atoms with Gasteiger partial charge < -0.3 is 14.9 Å². The second kappa shape index (κ2) is 5.19. The minimum Gasteiger partial charge on any atom is -0.469 e. The van der Waals surface area contributed by atoms with Crippen LogP contribution in [0.4, 0.5) is 5.82 Å². The molecule has 92 valence electrons. The lowest BCUT2D eigenvalue weighted by Gasteiger charge is -2.00. The number of carbonyl (C=O) groups is 2. The Morgan fingerprint density at radius 1 is 1.53 bits per heavy atom. The van der Waals surface area contributed by atoms with Crippen LogP contribution in [-0.2, 0) is 9.53 Å². The molecule has 0 aliphatic heterocycles. The molecule has 0 aliphatic carbocycles. The predicted molar refractivity (Wildman–Crippen MR) is 55.5 cm³/mol. The van der Waals surface area contributed by atoms with E-state index in [2.05, 4.69) is 9.72 Å². The van der Waals surface area contributed by atoms with Crippen molar-refractivity contribution >= 4 is 17.7 Å². The fourth-order valence-corrected chi connectivity index (χ4v) is 1.29. The number of aromatic nitrogens is 2. The molecule has 0 saturated heterocycles. The molecule has 17 heavy (non-hydrogen) atoms. The van der Waals surface area contributed by atoms with Crippen LogP contribution in [0.15, 0.2) is 6.20 Å². The molecular formula is C9H11N3O5. The molecule has 1 aromatic rings. The summed E-state index contributed by atoms with van der Waals surface area (Å²) >= 11 is 0. The summed E-state index contributed by atoms with van der Waals surface area (Å²) in [6.07, 6.45) is 0.722. The molecule has 8 heteroatoms. The van der Waals surface area contributed by atoms with Crippen molar-refractivity contribution in [2.75, 3.05) is 7.11 Å². The topological polar surface area (TPSA) is 104 Å². The Bertz CT molecular complexity index is 465. The highest BCUT2D eigenvalue weighted by molar-refractivity contribution is 5.85. The maximum atomic E-state index is 11.7. The van der Waals surface area contributed by atoms with E-state index in [1.807, 2.05) is 0 Å². The molecule has 0 unspecified atom stereocenters. The molecule has 0 N–H and O–H groups in total. The number of imidazole rings is 1. The van der Waals surface area contributed by atoms with Gasteiger partial charge in [-0.3, -0.25) is 4.79 Å². The van der Waals surface area contributed by atoms with Gasteiger partial charge in [-0.15, -0.1) is 4.57 Å². The van der Waals surface area contributed by atoms with Gasteiger partial charge >= 0.3 is 17.7 Å². The monoisotopic (exact) mass is 241 g/mol. The van der Waals surface area contributed by atoms with E-state index < -0.39 is 22.6 Å². The van der Waals surface area contributed by atoms with Gasteiger partial charge in [0.25, 0.3) is 0 Å². The molecule has 0 radical (unpaired) electrons. The largest absolute Gasteiger partial charge is 0.469 e. The third-order valence-corrected chi connectivity index (χ3v) is 2.13. The average Bonchev–Trinajstić information content (AvgIpc) is 2.67. The van der Waals surface area contributed by atoms with Gasteiger partial charge in [0.1, 0.15) is 6.20 Å². The summed E-state index contributed by atoms with van der Waals surface area (Å²) in [4.78, 5) is 36.2. The first-order chi connectivity index (χ1) is 7.97. The van der Waals surface area contributed by atoms with Crippen LogP contribution in [0.3, 0.4) is 0 Å². The lowest BCUT2D eigenvalue weighted by atomic mass is 10.3. The van der Waals surface area contributed by atoms with E-state index >= 15 is 0 Å². The first kappa shape index (κ1) is 12.8. The van der Waals surface area contributed by atoms with Gasteiger partial charge in [0, 0.05) is 6.92 Å². The van der Waals surface area contributed by atoms with Gasteiger partial charge in [-0.2, -0.15) is 0 Å². The second-order valence-electron chi connectivity index (χ2n) is 3.23. The van der Waals surface area contributed by atoms with Crippen LogP contribution in [0.5, 0.6) is 0 Å². The van der Waals surface area contributed by atoms with Crippen LogP contribution in [0.25, 0.3) is 0 Å².